The number of hydrogen-bond acceptors (Lipinski definition) is 3. The van der Waals surface area contributed by atoms with Gasteiger partial charge in [0.15, 0.2) is 0 Å². The summed E-state index contributed by atoms with van der Waals surface area (Å²) in [5.74, 6) is 1.38. The molecule has 2 rings (SSSR count). The lowest BCUT2D eigenvalue weighted by atomic mass is 10.1. The van der Waals surface area contributed by atoms with Crippen LogP contribution < -0.4 is 5.32 Å². The van der Waals surface area contributed by atoms with E-state index in [0.29, 0.717) is 24.8 Å². The van der Waals surface area contributed by atoms with E-state index in [4.69, 9.17) is 0 Å². The van der Waals surface area contributed by atoms with Crippen LogP contribution in [0.2, 0.25) is 0 Å². The van der Waals surface area contributed by atoms with Crippen LogP contribution in [0.4, 0.5) is 0 Å². The van der Waals surface area contributed by atoms with Gasteiger partial charge in [-0.2, -0.15) is 0 Å². The molecular formula is C25H34N2O2S. The second-order valence-electron chi connectivity index (χ2n) is 8.24. The molecule has 2 aromatic carbocycles. The van der Waals surface area contributed by atoms with Crippen LogP contribution >= 0.6 is 11.8 Å². The second kappa shape index (κ2) is 11.8. The summed E-state index contributed by atoms with van der Waals surface area (Å²) in [4.78, 5) is 27.5. The molecule has 0 fully saturated rings. The lowest BCUT2D eigenvalue weighted by Gasteiger charge is -2.29. The van der Waals surface area contributed by atoms with Gasteiger partial charge in [0.1, 0.15) is 6.04 Å². The fourth-order valence-electron chi connectivity index (χ4n) is 3.15. The quantitative estimate of drug-likeness (QED) is 0.598. The molecule has 0 aliphatic carbocycles. The molecule has 162 valence electrons. The van der Waals surface area contributed by atoms with Crippen molar-refractivity contribution < 1.29 is 9.59 Å². The van der Waals surface area contributed by atoms with Crippen molar-refractivity contribution in [2.75, 3.05) is 12.3 Å². The third kappa shape index (κ3) is 7.52. The summed E-state index contributed by atoms with van der Waals surface area (Å²) >= 11 is 1.59. The van der Waals surface area contributed by atoms with Gasteiger partial charge in [0.05, 0.1) is 5.75 Å². The molecule has 0 bridgehead atoms. The van der Waals surface area contributed by atoms with Gasteiger partial charge in [-0.05, 0) is 43.4 Å². The topological polar surface area (TPSA) is 49.4 Å². The molecule has 30 heavy (non-hydrogen) atoms. The van der Waals surface area contributed by atoms with Gasteiger partial charge in [0.2, 0.25) is 11.8 Å². The van der Waals surface area contributed by atoms with Crippen molar-refractivity contribution >= 4 is 23.6 Å². The fourth-order valence-corrected chi connectivity index (χ4v) is 4.00. The normalized spacial score (nSPS) is 11.9. The number of aryl methyl sites for hydroxylation is 2. The molecule has 2 amide bonds. The first-order valence-corrected chi connectivity index (χ1v) is 11.7. The molecule has 2 aromatic rings. The molecule has 5 heteroatoms. The van der Waals surface area contributed by atoms with Crippen molar-refractivity contribution in [2.24, 2.45) is 5.92 Å². The van der Waals surface area contributed by atoms with Crippen LogP contribution in [0, 0.1) is 19.8 Å². The van der Waals surface area contributed by atoms with E-state index in [1.54, 1.807) is 16.7 Å². The van der Waals surface area contributed by atoms with Crippen LogP contribution in [0.5, 0.6) is 0 Å². The third-order valence-corrected chi connectivity index (χ3v) is 6.02. The van der Waals surface area contributed by atoms with Crippen molar-refractivity contribution in [3.05, 3.63) is 70.8 Å². The van der Waals surface area contributed by atoms with E-state index in [0.717, 1.165) is 16.9 Å². The number of carbonyl (C=O) groups is 2. The van der Waals surface area contributed by atoms with E-state index >= 15 is 0 Å². The summed E-state index contributed by atoms with van der Waals surface area (Å²) in [6.07, 6.45) is 0. The number of benzene rings is 2. The summed E-state index contributed by atoms with van der Waals surface area (Å²) in [5.41, 5.74) is 4.62. The molecule has 0 aliphatic rings. The molecule has 0 aliphatic heterocycles. The molecule has 0 saturated heterocycles. The van der Waals surface area contributed by atoms with Gasteiger partial charge in [0, 0.05) is 18.8 Å². The lowest BCUT2D eigenvalue weighted by Crippen LogP contribution is -2.48. The zero-order chi connectivity index (χ0) is 22.1. The van der Waals surface area contributed by atoms with Crippen molar-refractivity contribution in [1.29, 1.82) is 0 Å². The molecule has 0 saturated carbocycles. The first-order chi connectivity index (χ1) is 14.3. The highest BCUT2D eigenvalue weighted by Gasteiger charge is 2.26. The largest absolute Gasteiger partial charge is 0.354 e. The Morgan fingerprint density at radius 1 is 1.03 bits per heavy atom. The number of nitrogens with zero attached hydrogens (tertiary/aromatic N) is 1. The highest BCUT2D eigenvalue weighted by Crippen LogP contribution is 2.18. The maximum atomic E-state index is 13.1. The summed E-state index contributed by atoms with van der Waals surface area (Å²) in [5, 5.41) is 2.97. The Morgan fingerprint density at radius 2 is 1.77 bits per heavy atom. The van der Waals surface area contributed by atoms with Crippen LogP contribution in [0.3, 0.4) is 0 Å². The van der Waals surface area contributed by atoms with Crippen molar-refractivity contribution in [1.82, 2.24) is 10.2 Å². The zero-order valence-corrected chi connectivity index (χ0v) is 19.6. The van der Waals surface area contributed by atoms with Crippen molar-refractivity contribution in [3.63, 3.8) is 0 Å². The van der Waals surface area contributed by atoms with E-state index in [1.807, 2.05) is 44.2 Å². The van der Waals surface area contributed by atoms with Crippen LogP contribution in [-0.4, -0.2) is 35.1 Å². The fraction of sp³-hybridized carbons (Fsp3) is 0.440. The standard InChI is InChI=1S/C25H34N2O2S/c1-18(2)14-26-25(29)21(5)27(15-23-12-7-6-10-20(23)4)24(28)17-30-16-22-11-8-9-19(3)13-22/h6-13,18,21H,14-17H2,1-5H3,(H,26,29). The number of thioether (sulfide) groups is 1. The molecular weight excluding hydrogens is 392 g/mol. The van der Waals surface area contributed by atoms with E-state index in [-0.39, 0.29) is 11.8 Å². The molecule has 1 atom stereocenters. The predicted octanol–water partition coefficient (Wildman–Crippen LogP) is 4.73. The summed E-state index contributed by atoms with van der Waals surface area (Å²) < 4.78 is 0. The Hall–Kier alpha value is -2.27. The Bertz CT molecular complexity index is 851. The van der Waals surface area contributed by atoms with Crippen LogP contribution in [0.25, 0.3) is 0 Å². The summed E-state index contributed by atoms with van der Waals surface area (Å²) in [6.45, 7) is 11.1. The molecule has 0 radical (unpaired) electrons. The van der Waals surface area contributed by atoms with Gasteiger partial charge in [-0.1, -0.05) is 67.9 Å². The van der Waals surface area contributed by atoms with Crippen LogP contribution in [0.15, 0.2) is 48.5 Å². The van der Waals surface area contributed by atoms with Crippen molar-refractivity contribution in [2.45, 2.75) is 53.0 Å². The van der Waals surface area contributed by atoms with Gasteiger partial charge < -0.3 is 10.2 Å². The number of hydrogen-bond donors (Lipinski definition) is 1. The van der Waals surface area contributed by atoms with E-state index < -0.39 is 6.04 Å². The third-order valence-electron chi connectivity index (χ3n) is 5.03. The number of nitrogens with one attached hydrogen (secondary N) is 1. The van der Waals surface area contributed by atoms with E-state index in [9.17, 15) is 9.59 Å². The molecule has 0 aromatic heterocycles. The first-order valence-electron chi connectivity index (χ1n) is 10.5. The number of carbonyl (C=O) groups excluding carboxylic acids is 2. The van der Waals surface area contributed by atoms with Gasteiger partial charge in [0.25, 0.3) is 0 Å². The van der Waals surface area contributed by atoms with Crippen molar-refractivity contribution in [3.8, 4) is 0 Å². The number of amides is 2. The Morgan fingerprint density at radius 3 is 2.43 bits per heavy atom. The highest BCUT2D eigenvalue weighted by molar-refractivity contribution is 7.99. The number of rotatable bonds is 10. The SMILES string of the molecule is Cc1cccc(CSCC(=O)N(Cc2ccccc2C)C(C)C(=O)NCC(C)C)c1. The summed E-state index contributed by atoms with van der Waals surface area (Å²) in [6, 6.07) is 15.8. The minimum atomic E-state index is -0.518. The Balaban J connectivity index is 2.07. The first kappa shape index (κ1) is 24.0. The highest BCUT2D eigenvalue weighted by atomic mass is 32.2. The maximum absolute atomic E-state index is 13.1. The van der Waals surface area contributed by atoms with Crippen LogP contribution in [0.1, 0.15) is 43.0 Å². The second-order valence-corrected chi connectivity index (χ2v) is 9.23. The van der Waals surface area contributed by atoms with Gasteiger partial charge >= 0.3 is 0 Å². The predicted molar refractivity (Wildman–Crippen MR) is 126 cm³/mol. The minimum absolute atomic E-state index is 0.0110. The smallest absolute Gasteiger partial charge is 0.242 e. The Labute approximate surface area is 185 Å². The summed E-state index contributed by atoms with van der Waals surface area (Å²) in [7, 11) is 0. The molecule has 0 heterocycles. The molecule has 1 unspecified atom stereocenters. The van der Waals surface area contributed by atoms with Crippen LogP contribution in [-0.2, 0) is 21.9 Å². The van der Waals surface area contributed by atoms with E-state index in [2.05, 4.69) is 44.3 Å². The van der Waals surface area contributed by atoms with Gasteiger partial charge in [-0.3, -0.25) is 9.59 Å². The molecule has 1 N–H and O–H groups in total. The maximum Gasteiger partial charge on any atom is 0.242 e. The molecule has 4 nitrogen and oxygen atoms in total. The monoisotopic (exact) mass is 426 g/mol. The zero-order valence-electron chi connectivity index (χ0n) is 18.8. The minimum Gasteiger partial charge on any atom is -0.354 e. The van der Waals surface area contributed by atoms with Gasteiger partial charge in [-0.25, -0.2) is 0 Å². The average molecular weight is 427 g/mol. The molecule has 0 spiro atoms. The van der Waals surface area contributed by atoms with Gasteiger partial charge in [-0.15, -0.1) is 11.8 Å². The van der Waals surface area contributed by atoms with E-state index in [1.165, 1.54) is 11.1 Å². The lowest BCUT2D eigenvalue weighted by molar-refractivity contribution is -0.138. The Kier molecular flexibility index (Phi) is 9.44. The average Bonchev–Trinajstić information content (AvgIpc) is 2.70.